The number of benzene rings is 1. The summed E-state index contributed by atoms with van der Waals surface area (Å²) in [5, 5.41) is 3.27. The highest BCUT2D eigenvalue weighted by atomic mass is 19.1. The molecule has 2 rings (SSSR count). The summed E-state index contributed by atoms with van der Waals surface area (Å²) >= 11 is 0. The zero-order chi connectivity index (χ0) is 14.8. The van der Waals surface area contributed by atoms with E-state index in [0.717, 1.165) is 31.4 Å². The van der Waals surface area contributed by atoms with Gasteiger partial charge in [0.1, 0.15) is 11.4 Å². The molecule has 1 fully saturated rings. The second-order valence-corrected chi connectivity index (χ2v) is 6.37. The van der Waals surface area contributed by atoms with Crippen LogP contribution in [0, 0.1) is 11.2 Å². The molecule has 20 heavy (non-hydrogen) atoms. The van der Waals surface area contributed by atoms with Gasteiger partial charge in [0.25, 0.3) is 0 Å². The fraction of sp³-hybridized carbons (Fsp3) is 0.562. The van der Waals surface area contributed by atoms with Gasteiger partial charge in [-0.3, -0.25) is 0 Å². The molecule has 1 aromatic rings. The summed E-state index contributed by atoms with van der Waals surface area (Å²) in [6.07, 6.45) is 3.36. The van der Waals surface area contributed by atoms with Crippen LogP contribution in [0.15, 0.2) is 24.3 Å². The normalized spacial score (nSPS) is 20.2. The largest absolute Gasteiger partial charge is 0.467 e. The molecule has 0 aliphatic heterocycles. The molecule has 0 bridgehead atoms. The average Bonchev–Trinajstić information content (AvgIpc) is 2.43. The highest BCUT2D eigenvalue weighted by molar-refractivity contribution is 5.84. The first-order valence-electron chi connectivity index (χ1n) is 6.99. The molecule has 4 heteroatoms. The zero-order valence-corrected chi connectivity index (χ0v) is 12.3. The van der Waals surface area contributed by atoms with Gasteiger partial charge in [0.05, 0.1) is 7.11 Å². The smallest absolute Gasteiger partial charge is 0.331 e. The average molecular weight is 279 g/mol. The molecule has 0 heterocycles. The number of hydrogen-bond acceptors (Lipinski definition) is 3. The maximum Gasteiger partial charge on any atom is 0.331 e. The molecule has 0 amide bonds. The molecule has 1 saturated carbocycles. The summed E-state index contributed by atoms with van der Waals surface area (Å²) in [7, 11) is 1.41. The van der Waals surface area contributed by atoms with Crippen molar-refractivity contribution in [2.24, 2.45) is 5.41 Å². The topological polar surface area (TPSA) is 38.3 Å². The molecule has 0 aromatic heterocycles. The third-order valence-electron chi connectivity index (χ3n) is 4.26. The Morgan fingerprint density at radius 2 is 1.70 bits per heavy atom. The van der Waals surface area contributed by atoms with E-state index in [1.807, 2.05) is 0 Å². The van der Waals surface area contributed by atoms with Gasteiger partial charge in [0.2, 0.25) is 0 Å². The first-order chi connectivity index (χ1) is 9.37. The van der Waals surface area contributed by atoms with Crippen LogP contribution in [0.4, 0.5) is 10.1 Å². The molecule has 1 aliphatic carbocycles. The number of methoxy groups -OCH3 is 1. The minimum atomic E-state index is -0.692. The number of rotatable bonds is 3. The van der Waals surface area contributed by atoms with E-state index in [2.05, 4.69) is 19.2 Å². The van der Waals surface area contributed by atoms with Gasteiger partial charge in [-0.2, -0.15) is 0 Å². The van der Waals surface area contributed by atoms with E-state index in [0.29, 0.717) is 0 Å². The Labute approximate surface area is 119 Å². The van der Waals surface area contributed by atoms with Crippen LogP contribution in [-0.4, -0.2) is 18.6 Å². The summed E-state index contributed by atoms with van der Waals surface area (Å²) in [4.78, 5) is 12.2. The lowest BCUT2D eigenvalue weighted by Gasteiger charge is -2.42. The van der Waals surface area contributed by atoms with Crippen LogP contribution in [0.25, 0.3) is 0 Å². The Morgan fingerprint density at radius 3 is 2.20 bits per heavy atom. The quantitative estimate of drug-likeness (QED) is 0.856. The molecule has 1 aliphatic rings. The van der Waals surface area contributed by atoms with Crippen LogP contribution < -0.4 is 5.32 Å². The number of carbonyl (C=O) groups is 1. The van der Waals surface area contributed by atoms with E-state index in [1.54, 1.807) is 12.1 Å². The third-order valence-corrected chi connectivity index (χ3v) is 4.26. The van der Waals surface area contributed by atoms with Crippen molar-refractivity contribution in [3.63, 3.8) is 0 Å². The summed E-state index contributed by atoms with van der Waals surface area (Å²) < 4.78 is 17.9. The van der Waals surface area contributed by atoms with Crippen LogP contribution in [0.3, 0.4) is 0 Å². The lowest BCUT2D eigenvalue weighted by molar-refractivity contribution is -0.148. The number of hydrogen-bond donors (Lipinski definition) is 1. The van der Waals surface area contributed by atoms with Gasteiger partial charge >= 0.3 is 5.97 Å². The Kier molecular flexibility index (Phi) is 4.02. The first kappa shape index (κ1) is 14.8. The van der Waals surface area contributed by atoms with Gasteiger partial charge in [-0.05, 0) is 55.4 Å². The predicted molar refractivity (Wildman–Crippen MR) is 77.0 cm³/mol. The second-order valence-electron chi connectivity index (χ2n) is 6.37. The molecule has 0 radical (unpaired) electrons. The van der Waals surface area contributed by atoms with Crippen molar-refractivity contribution in [1.82, 2.24) is 0 Å². The minimum absolute atomic E-state index is 0.239. The molecule has 0 spiro atoms. The molecular formula is C16H22FNO2. The van der Waals surface area contributed by atoms with Crippen molar-refractivity contribution >= 4 is 11.7 Å². The standard InChI is InChI=1S/C16H22FNO2/c1-15(2)8-10-16(11-9-15,14(19)20-3)18-13-6-4-12(17)5-7-13/h4-7,18H,8-11H2,1-3H3. The van der Waals surface area contributed by atoms with Gasteiger partial charge in [0, 0.05) is 5.69 Å². The lowest BCUT2D eigenvalue weighted by atomic mass is 9.69. The van der Waals surface area contributed by atoms with E-state index in [1.165, 1.54) is 19.2 Å². The fourth-order valence-electron chi connectivity index (χ4n) is 2.74. The molecule has 1 N–H and O–H groups in total. The SMILES string of the molecule is COC(=O)C1(Nc2ccc(F)cc2)CCC(C)(C)CC1. The molecule has 110 valence electrons. The number of halogens is 1. The second kappa shape index (κ2) is 5.43. The zero-order valence-electron chi connectivity index (χ0n) is 12.3. The Balaban J connectivity index is 2.20. The molecule has 0 atom stereocenters. The molecule has 0 unspecified atom stereocenters. The highest BCUT2D eigenvalue weighted by Gasteiger charge is 2.44. The number of nitrogens with one attached hydrogen (secondary N) is 1. The minimum Gasteiger partial charge on any atom is -0.467 e. The van der Waals surface area contributed by atoms with Crippen molar-refractivity contribution in [2.75, 3.05) is 12.4 Å². The van der Waals surface area contributed by atoms with Crippen LogP contribution in [0.2, 0.25) is 0 Å². The number of esters is 1. The van der Waals surface area contributed by atoms with Crippen molar-refractivity contribution in [2.45, 2.75) is 45.1 Å². The Bertz CT molecular complexity index is 472. The number of carbonyl (C=O) groups excluding carboxylic acids is 1. The lowest BCUT2D eigenvalue weighted by Crippen LogP contribution is -2.51. The van der Waals surface area contributed by atoms with E-state index in [4.69, 9.17) is 4.74 Å². The van der Waals surface area contributed by atoms with Gasteiger partial charge < -0.3 is 10.1 Å². The highest BCUT2D eigenvalue weighted by Crippen LogP contribution is 2.42. The van der Waals surface area contributed by atoms with E-state index < -0.39 is 5.54 Å². The van der Waals surface area contributed by atoms with E-state index in [-0.39, 0.29) is 17.2 Å². The molecule has 1 aromatic carbocycles. The van der Waals surface area contributed by atoms with Crippen molar-refractivity contribution in [3.8, 4) is 0 Å². The maximum atomic E-state index is 13.0. The number of ether oxygens (including phenoxy) is 1. The predicted octanol–water partition coefficient (Wildman–Crippen LogP) is 3.75. The Morgan fingerprint density at radius 1 is 1.15 bits per heavy atom. The summed E-state index contributed by atoms with van der Waals surface area (Å²) in [5.41, 5.74) is 0.306. The van der Waals surface area contributed by atoms with Crippen molar-refractivity contribution in [3.05, 3.63) is 30.1 Å². The molecule has 3 nitrogen and oxygen atoms in total. The molecule has 0 saturated heterocycles. The summed E-state index contributed by atoms with van der Waals surface area (Å²) in [5.74, 6) is -0.523. The van der Waals surface area contributed by atoms with Crippen LogP contribution in [0.1, 0.15) is 39.5 Å². The Hall–Kier alpha value is -1.58. The van der Waals surface area contributed by atoms with Crippen molar-refractivity contribution in [1.29, 1.82) is 0 Å². The third kappa shape index (κ3) is 3.11. The number of anilines is 1. The molecular weight excluding hydrogens is 257 g/mol. The summed E-state index contributed by atoms with van der Waals surface area (Å²) in [6, 6.07) is 6.08. The van der Waals surface area contributed by atoms with Gasteiger partial charge in [-0.1, -0.05) is 13.8 Å². The van der Waals surface area contributed by atoms with E-state index >= 15 is 0 Å². The van der Waals surface area contributed by atoms with Crippen LogP contribution in [0.5, 0.6) is 0 Å². The van der Waals surface area contributed by atoms with Gasteiger partial charge in [-0.25, -0.2) is 9.18 Å². The van der Waals surface area contributed by atoms with E-state index in [9.17, 15) is 9.18 Å². The first-order valence-corrected chi connectivity index (χ1v) is 6.99. The van der Waals surface area contributed by atoms with Crippen LogP contribution >= 0.6 is 0 Å². The fourth-order valence-corrected chi connectivity index (χ4v) is 2.74. The van der Waals surface area contributed by atoms with Gasteiger partial charge in [-0.15, -0.1) is 0 Å². The van der Waals surface area contributed by atoms with Crippen molar-refractivity contribution < 1.29 is 13.9 Å². The van der Waals surface area contributed by atoms with Crippen LogP contribution in [-0.2, 0) is 9.53 Å². The maximum absolute atomic E-state index is 13.0. The monoisotopic (exact) mass is 279 g/mol. The van der Waals surface area contributed by atoms with Gasteiger partial charge in [0.15, 0.2) is 0 Å². The summed E-state index contributed by atoms with van der Waals surface area (Å²) in [6.45, 7) is 4.43.